The van der Waals surface area contributed by atoms with Gasteiger partial charge >= 0.3 is 7.82 Å². The van der Waals surface area contributed by atoms with Crippen LogP contribution in [0.4, 0.5) is 0 Å². The highest BCUT2D eigenvalue weighted by Gasteiger charge is 2.19. The van der Waals surface area contributed by atoms with Crippen LogP contribution in [0.25, 0.3) is 0 Å². The second-order valence-corrected chi connectivity index (χ2v) is 15.1. The van der Waals surface area contributed by atoms with E-state index in [1.54, 1.807) is 0 Å². The molecule has 0 aromatic heterocycles. The van der Waals surface area contributed by atoms with Gasteiger partial charge in [0.2, 0.25) is 0 Å². The quantitative estimate of drug-likeness (QED) is 0.0695. The number of hydrogen-bond acceptors (Lipinski definition) is 4. The molecule has 0 spiro atoms. The Morgan fingerprint density at radius 3 is 1.30 bits per heavy atom. The minimum atomic E-state index is -4.53. The van der Waals surface area contributed by atoms with Crippen LogP contribution in [0.2, 0.25) is 0 Å². The molecule has 6 nitrogen and oxygen atoms in total. The predicted octanol–water partition coefficient (Wildman–Crippen LogP) is 9.82. The monoisotopic (exact) mass is 592 g/mol. The van der Waals surface area contributed by atoms with Crippen molar-refractivity contribution in [1.29, 1.82) is 0 Å². The van der Waals surface area contributed by atoms with Crippen molar-refractivity contribution in [2.24, 2.45) is 35.5 Å². The summed E-state index contributed by atoms with van der Waals surface area (Å²) in [5, 5.41) is 0. The molecule has 2 N–H and O–H groups in total. The normalized spacial score (nSPS) is 16.4. The van der Waals surface area contributed by atoms with Crippen molar-refractivity contribution in [2.45, 2.75) is 151 Å². The fraction of sp³-hybridized carbons (Fsp3) is 1.00. The highest BCUT2D eigenvalue weighted by molar-refractivity contribution is 7.46. The van der Waals surface area contributed by atoms with Gasteiger partial charge in [-0.3, -0.25) is 4.52 Å². The first-order valence-corrected chi connectivity index (χ1v) is 18.2. The van der Waals surface area contributed by atoms with Gasteiger partial charge in [-0.05, 0) is 48.3 Å². The topological polar surface area (TPSA) is 85.2 Å². The Bertz CT molecular complexity index is 608. The lowest BCUT2D eigenvalue weighted by molar-refractivity contribution is -0.0462. The lowest BCUT2D eigenvalue weighted by Crippen LogP contribution is -2.26. The fourth-order valence-corrected chi connectivity index (χ4v) is 5.58. The van der Waals surface area contributed by atoms with Gasteiger partial charge in [0.1, 0.15) is 6.10 Å². The van der Waals surface area contributed by atoms with Crippen LogP contribution in [-0.2, 0) is 18.6 Å². The molecule has 0 radical (unpaired) electrons. The molecule has 0 saturated carbocycles. The van der Waals surface area contributed by atoms with E-state index in [0.717, 1.165) is 36.5 Å². The van der Waals surface area contributed by atoms with Gasteiger partial charge in [-0.15, -0.1) is 0 Å². The summed E-state index contributed by atoms with van der Waals surface area (Å²) in [6, 6.07) is 0. The summed E-state index contributed by atoms with van der Waals surface area (Å²) in [5.74, 6) is 4.38. The summed E-state index contributed by atoms with van der Waals surface area (Å²) in [7, 11) is -4.53. The maximum Gasteiger partial charge on any atom is 0.469 e. The lowest BCUT2D eigenvalue weighted by atomic mass is 9.91. The summed E-state index contributed by atoms with van der Waals surface area (Å²) in [6.07, 6.45) is 17.0. The number of ether oxygens (including phenoxy) is 2. The minimum Gasteiger partial charge on any atom is -0.379 e. The molecule has 0 unspecified atom stereocenters. The highest BCUT2D eigenvalue weighted by Crippen LogP contribution is 2.36. The molecule has 0 rings (SSSR count). The molecule has 0 saturated heterocycles. The molecule has 0 bridgehead atoms. The Morgan fingerprint density at radius 1 is 0.525 bits per heavy atom. The molecule has 0 aliphatic carbocycles. The van der Waals surface area contributed by atoms with Crippen LogP contribution in [0.15, 0.2) is 0 Å². The van der Waals surface area contributed by atoms with Crippen molar-refractivity contribution in [3.05, 3.63) is 0 Å². The smallest absolute Gasteiger partial charge is 0.379 e. The maximum atomic E-state index is 11.2. The molecule has 5 atom stereocenters. The first kappa shape index (κ1) is 40.0. The summed E-state index contributed by atoms with van der Waals surface area (Å²) >= 11 is 0. The first-order chi connectivity index (χ1) is 18.8. The Kier molecular flexibility index (Phi) is 24.5. The van der Waals surface area contributed by atoms with Crippen LogP contribution in [0.5, 0.6) is 0 Å². The number of phosphoric ester groups is 1. The van der Waals surface area contributed by atoms with E-state index in [1.807, 2.05) is 0 Å². The van der Waals surface area contributed by atoms with E-state index in [0.29, 0.717) is 31.7 Å². The van der Waals surface area contributed by atoms with Crippen molar-refractivity contribution in [3.8, 4) is 0 Å². The molecule has 0 aliphatic heterocycles. The number of phosphoric acid groups is 1. The zero-order valence-electron chi connectivity index (χ0n) is 27.7. The molecule has 40 heavy (non-hydrogen) atoms. The second-order valence-electron chi connectivity index (χ2n) is 13.9. The summed E-state index contributed by atoms with van der Waals surface area (Å²) < 4.78 is 27.7. The average molecular weight is 593 g/mol. The Hall–Kier alpha value is 0.0300. The third kappa shape index (κ3) is 28.2. The standard InChI is InChI=1S/C33H69O6P/c1-27(2)13-9-15-29(5)17-11-18-30(6)19-12-20-32(8)22-24-38-33(26-39-40(34,35)36)25-37-23-21-31(7)16-10-14-28(3)4/h27-33H,9-26H2,1-8H3,(H2,34,35,36)/t29-,30-,31-,32-,33+/m1/s1. The molecular formula is C33H69O6P. The molecular weight excluding hydrogens is 523 g/mol. The summed E-state index contributed by atoms with van der Waals surface area (Å²) in [6.45, 7) is 19.8. The molecule has 242 valence electrons. The van der Waals surface area contributed by atoms with Crippen LogP contribution >= 0.6 is 7.82 Å². The van der Waals surface area contributed by atoms with Crippen molar-refractivity contribution >= 4 is 7.82 Å². The number of hydrogen-bond donors (Lipinski definition) is 2. The largest absolute Gasteiger partial charge is 0.469 e. The lowest BCUT2D eigenvalue weighted by Gasteiger charge is -2.21. The Morgan fingerprint density at radius 2 is 0.900 bits per heavy atom. The number of rotatable bonds is 28. The Labute approximate surface area is 249 Å². The van der Waals surface area contributed by atoms with E-state index in [9.17, 15) is 4.57 Å². The predicted molar refractivity (Wildman–Crippen MR) is 170 cm³/mol. The van der Waals surface area contributed by atoms with Crippen LogP contribution in [0.1, 0.15) is 145 Å². The summed E-state index contributed by atoms with van der Waals surface area (Å²) in [5.41, 5.74) is 0. The van der Waals surface area contributed by atoms with Gasteiger partial charge in [0.05, 0.1) is 13.2 Å². The SMILES string of the molecule is CC(C)CCC[C@@H](C)CCC[C@@H](C)CCC[C@@H](C)CCO[C@@H](COCC[C@H](C)CCCC(C)C)COP(=O)(O)O. The fourth-order valence-electron chi connectivity index (χ4n) is 5.22. The molecule has 0 aromatic carbocycles. The van der Waals surface area contributed by atoms with E-state index in [1.165, 1.54) is 77.0 Å². The zero-order valence-corrected chi connectivity index (χ0v) is 28.6. The van der Waals surface area contributed by atoms with E-state index < -0.39 is 13.9 Å². The molecule has 0 heterocycles. The van der Waals surface area contributed by atoms with Crippen LogP contribution in [0.3, 0.4) is 0 Å². The van der Waals surface area contributed by atoms with Gasteiger partial charge in [-0.1, -0.05) is 132 Å². The molecule has 7 heteroatoms. The van der Waals surface area contributed by atoms with Gasteiger partial charge in [-0.25, -0.2) is 4.57 Å². The van der Waals surface area contributed by atoms with Crippen LogP contribution in [0, 0.1) is 35.5 Å². The molecule has 0 aliphatic rings. The minimum absolute atomic E-state index is 0.156. The van der Waals surface area contributed by atoms with Crippen LogP contribution < -0.4 is 0 Å². The average Bonchev–Trinajstić information content (AvgIpc) is 2.83. The molecule has 0 aromatic rings. The van der Waals surface area contributed by atoms with Gasteiger partial charge < -0.3 is 19.3 Å². The highest BCUT2D eigenvalue weighted by atomic mass is 31.2. The van der Waals surface area contributed by atoms with Crippen molar-refractivity contribution in [1.82, 2.24) is 0 Å². The zero-order chi connectivity index (χ0) is 30.4. The van der Waals surface area contributed by atoms with Gasteiger partial charge in [-0.2, -0.15) is 0 Å². The first-order valence-electron chi connectivity index (χ1n) is 16.7. The van der Waals surface area contributed by atoms with E-state index in [-0.39, 0.29) is 6.61 Å². The van der Waals surface area contributed by atoms with E-state index in [2.05, 4.69) is 55.4 Å². The van der Waals surface area contributed by atoms with Crippen molar-refractivity contribution < 1.29 is 28.3 Å². The third-order valence-electron chi connectivity index (χ3n) is 8.20. The third-order valence-corrected chi connectivity index (χ3v) is 8.68. The van der Waals surface area contributed by atoms with E-state index in [4.69, 9.17) is 23.8 Å². The van der Waals surface area contributed by atoms with Crippen molar-refractivity contribution in [2.75, 3.05) is 26.4 Å². The van der Waals surface area contributed by atoms with Gasteiger partial charge in [0.25, 0.3) is 0 Å². The Balaban J connectivity index is 4.12. The molecule has 0 fully saturated rings. The van der Waals surface area contributed by atoms with Crippen LogP contribution in [-0.4, -0.2) is 42.3 Å². The summed E-state index contributed by atoms with van der Waals surface area (Å²) in [4.78, 5) is 18.2. The van der Waals surface area contributed by atoms with Gasteiger partial charge in [0.15, 0.2) is 0 Å². The maximum absolute atomic E-state index is 11.2. The van der Waals surface area contributed by atoms with E-state index >= 15 is 0 Å². The second kappa shape index (κ2) is 24.5. The van der Waals surface area contributed by atoms with Gasteiger partial charge in [0, 0.05) is 13.2 Å². The van der Waals surface area contributed by atoms with Crippen molar-refractivity contribution in [3.63, 3.8) is 0 Å². The molecule has 0 amide bonds.